The summed E-state index contributed by atoms with van der Waals surface area (Å²) in [5.41, 5.74) is 0.279. The number of hydrogen-bond donors (Lipinski definition) is 0. The van der Waals surface area contributed by atoms with E-state index in [2.05, 4.69) is 0 Å². The van der Waals surface area contributed by atoms with Crippen LogP contribution in [0.4, 0.5) is 4.39 Å². The van der Waals surface area contributed by atoms with Gasteiger partial charge in [0.2, 0.25) is 11.5 Å². The van der Waals surface area contributed by atoms with Crippen LogP contribution < -0.4 is 0 Å². The minimum absolute atomic E-state index is 0.0266. The van der Waals surface area contributed by atoms with Gasteiger partial charge < -0.3 is 9.15 Å². The third kappa shape index (κ3) is 3.07. The van der Waals surface area contributed by atoms with Crippen LogP contribution in [0.25, 0.3) is 0 Å². The molecule has 0 N–H and O–H groups in total. The van der Waals surface area contributed by atoms with Crippen LogP contribution in [-0.4, -0.2) is 17.9 Å². The summed E-state index contributed by atoms with van der Waals surface area (Å²) in [7, 11) is 0. The Bertz CT molecular complexity index is 572. The first-order valence-corrected chi connectivity index (χ1v) is 5.62. The maximum Gasteiger partial charge on any atom is 0.374 e. The summed E-state index contributed by atoms with van der Waals surface area (Å²) < 4.78 is 22.6. The molecule has 0 fully saturated rings. The number of carbonyl (C=O) groups excluding carboxylic acids is 2. The van der Waals surface area contributed by atoms with Gasteiger partial charge in [0, 0.05) is 5.56 Å². The van der Waals surface area contributed by atoms with Crippen LogP contribution in [0, 0.1) is 5.82 Å². The van der Waals surface area contributed by atoms with E-state index in [4.69, 9.17) is 9.15 Å². The van der Waals surface area contributed by atoms with E-state index in [1.165, 1.54) is 43.5 Å². The molecule has 1 heterocycles. The number of carbonyl (C=O) groups is 2. The molecule has 4 nitrogen and oxygen atoms in total. The Balaban J connectivity index is 2.03. The van der Waals surface area contributed by atoms with Crippen LogP contribution in [0.3, 0.4) is 0 Å². The second kappa shape index (κ2) is 5.48. The molecule has 0 radical (unpaired) electrons. The Morgan fingerprint density at radius 2 is 1.89 bits per heavy atom. The van der Waals surface area contributed by atoms with Gasteiger partial charge in [-0.2, -0.15) is 0 Å². The van der Waals surface area contributed by atoms with E-state index in [-0.39, 0.29) is 11.3 Å². The smallest absolute Gasteiger partial charge is 0.374 e. The highest BCUT2D eigenvalue weighted by Gasteiger charge is 2.21. The standard InChI is InChI=1S/C14H11FO4/c1-9(19-14(17)12-3-2-8-18-12)13(16)10-4-6-11(15)7-5-10/h2-9H,1H3/t9-/m0/s1. The number of halogens is 1. The molecule has 0 aliphatic carbocycles. The quantitative estimate of drug-likeness (QED) is 0.628. The zero-order chi connectivity index (χ0) is 13.8. The predicted molar refractivity (Wildman–Crippen MR) is 64.3 cm³/mol. The molecule has 2 aromatic rings. The summed E-state index contributed by atoms with van der Waals surface area (Å²) >= 11 is 0. The van der Waals surface area contributed by atoms with Crippen molar-refractivity contribution in [2.24, 2.45) is 0 Å². The number of furan rings is 1. The molecule has 0 aliphatic heterocycles. The third-order valence-corrected chi connectivity index (χ3v) is 2.50. The molecular formula is C14H11FO4. The fourth-order valence-corrected chi connectivity index (χ4v) is 1.52. The van der Waals surface area contributed by atoms with Gasteiger partial charge in [-0.25, -0.2) is 9.18 Å². The topological polar surface area (TPSA) is 56.5 Å². The molecule has 2 rings (SSSR count). The summed E-state index contributed by atoms with van der Waals surface area (Å²) in [6, 6.07) is 8.02. The Labute approximate surface area is 108 Å². The van der Waals surface area contributed by atoms with Gasteiger partial charge in [0.25, 0.3) is 0 Å². The van der Waals surface area contributed by atoms with E-state index in [0.717, 1.165) is 0 Å². The summed E-state index contributed by atoms with van der Waals surface area (Å²) in [6.45, 7) is 1.45. The van der Waals surface area contributed by atoms with Gasteiger partial charge in [0.05, 0.1) is 6.26 Å². The van der Waals surface area contributed by atoms with Crippen molar-refractivity contribution < 1.29 is 23.1 Å². The number of ketones is 1. The Kier molecular flexibility index (Phi) is 3.75. The highest BCUT2D eigenvalue weighted by atomic mass is 19.1. The summed E-state index contributed by atoms with van der Waals surface area (Å²) in [5.74, 6) is -1.52. The van der Waals surface area contributed by atoms with Crippen LogP contribution in [0.2, 0.25) is 0 Å². The van der Waals surface area contributed by atoms with Gasteiger partial charge in [-0.15, -0.1) is 0 Å². The minimum Gasteiger partial charge on any atom is -0.457 e. The Hall–Kier alpha value is -2.43. The zero-order valence-corrected chi connectivity index (χ0v) is 10.1. The van der Waals surface area contributed by atoms with Gasteiger partial charge in [0.1, 0.15) is 5.82 Å². The number of benzene rings is 1. The van der Waals surface area contributed by atoms with Gasteiger partial charge in [0.15, 0.2) is 6.10 Å². The molecule has 0 saturated heterocycles. The van der Waals surface area contributed by atoms with Crippen LogP contribution in [0.1, 0.15) is 27.8 Å². The Morgan fingerprint density at radius 3 is 2.47 bits per heavy atom. The highest BCUT2D eigenvalue weighted by Crippen LogP contribution is 2.10. The van der Waals surface area contributed by atoms with Gasteiger partial charge in [-0.1, -0.05) is 0 Å². The van der Waals surface area contributed by atoms with E-state index < -0.39 is 23.7 Å². The molecule has 1 aromatic heterocycles. The molecule has 0 amide bonds. The monoisotopic (exact) mass is 262 g/mol. The molecule has 98 valence electrons. The number of ether oxygens (including phenoxy) is 1. The van der Waals surface area contributed by atoms with Crippen LogP contribution >= 0.6 is 0 Å². The van der Waals surface area contributed by atoms with Crippen molar-refractivity contribution in [3.8, 4) is 0 Å². The number of Topliss-reactive ketones (excluding diaryl/α,β-unsaturated/α-hetero) is 1. The molecule has 0 aliphatic rings. The fraction of sp³-hybridized carbons (Fsp3) is 0.143. The zero-order valence-electron chi connectivity index (χ0n) is 10.1. The molecule has 5 heteroatoms. The van der Waals surface area contributed by atoms with Crippen LogP contribution in [0.5, 0.6) is 0 Å². The summed E-state index contributed by atoms with van der Waals surface area (Å²) in [5, 5.41) is 0. The van der Waals surface area contributed by atoms with Crippen molar-refractivity contribution >= 4 is 11.8 Å². The van der Waals surface area contributed by atoms with Crippen molar-refractivity contribution in [2.45, 2.75) is 13.0 Å². The highest BCUT2D eigenvalue weighted by molar-refractivity contribution is 6.01. The lowest BCUT2D eigenvalue weighted by molar-refractivity contribution is 0.0289. The molecule has 1 aromatic carbocycles. The number of rotatable bonds is 4. The maximum atomic E-state index is 12.7. The normalized spacial score (nSPS) is 11.9. The van der Waals surface area contributed by atoms with E-state index in [9.17, 15) is 14.0 Å². The Morgan fingerprint density at radius 1 is 1.21 bits per heavy atom. The SMILES string of the molecule is C[C@H](OC(=O)c1ccco1)C(=O)c1ccc(F)cc1. The van der Waals surface area contributed by atoms with E-state index in [1.807, 2.05) is 0 Å². The molecule has 0 bridgehead atoms. The molecule has 1 atom stereocenters. The first kappa shape index (κ1) is 13.0. The van der Waals surface area contributed by atoms with Crippen LogP contribution in [0.15, 0.2) is 47.1 Å². The minimum atomic E-state index is -0.969. The fourth-order valence-electron chi connectivity index (χ4n) is 1.52. The first-order valence-electron chi connectivity index (χ1n) is 5.62. The predicted octanol–water partition coefficient (Wildman–Crippen LogP) is 2.85. The van der Waals surface area contributed by atoms with E-state index in [1.54, 1.807) is 6.07 Å². The second-order valence-corrected chi connectivity index (χ2v) is 3.90. The molecule has 0 spiro atoms. The molecule has 0 saturated carbocycles. The lowest BCUT2D eigenvalue weighted by atomic mass is 10.1. The second-order valence-electron chi connectivity index (χ2n) is 3.90. The maximum absolute atomic E-state index is 12.7. The van der Waals surface area contributed by atoms with Gasteiger partial charge in [-0.05, 0) is 43.3 Å². The van der Waals surface area contributed by atoms with Crippen molar-refractivity contribution in [1.82, 2.24) is 0 Å². The molecule has 19 heavy (non-hydrogen) atoms. The van der Waals surface area contributed by atoms with Crippen molar-refractivity contribution in [1.29, 1.82) is 0 Å². The van der Waals surface area contributed by atoms with Gasteiger partial charge >= 0.3 is 5.97 Å². The van der Waals surface area contributed by atoms with Gasteiger partial charge in [-0.3, -0.25) is 4.79 Å². The van der Waals surface area contributed by atoms with E-state index in [0.29, 0.717) is 0 Å². The largest absolute Gasteiger partial charge is 0.457 e. The van der Waals surface area contributed by atoms with Crippen molar-refractivity contribution in [3.63, 3.8) is 0 Å². The summed E-state index contributed by atoms with van der Waals surface area (Å²) in [6.07, 6.45) is 0.367. The average Bonchev–Trinajstić information content (AvgIpc) is 2.92. The average molecular weight is 262 g/mol. The van der Waals surface area contributed by atoms with Crippen LogP contribution in [-0.2, 0) is 4.74 Å². The summed E-state index contributed by atoms with van der Waals surface area (Å²) in [4.78, 5) is 23.5. The first-order chi connectivity index (χ1) is 9.08. The van der Waals surface area contributed by atoms with Crippen molar-refractivity contribution in [2.75, 3.05) is 0 Å². The number of esters is 1. The molecule has 0 unspecified atom stereocenters. The lowest BCUT2D eigenvalue weighted by Crippen LogP contribution is -2.24. The number of hydrogen-bond acceptors (Lipinski definition) is 4. The third-order valence-electron chi connectivity index (χ3n) is 2.50. The molecular weight excluding hydrogens is 251 g/mol. The van der Waals surface area contributed by atoms with Crippen molar-refractivity contribution in [3.05, 3.63) is 59.8 Å². The van der Waals surface area contributed by atoms with E-state index >= 15 is 0 Å². The lowest BCUT2D eigenvalue weighted by Gasteiger charge is -2.11.